The van der Waals surface area contributed by atoms with Crippen LogP contribution in [-0.4, -0.2) is 23.5 Å². The van der Waals surface area contributed by atoms with E-state index in [9.17, 15) is 9.59 Å². The molecule has 1 saturated carbocycles. The molecule has 1 atom stereocenters. The van der Waals surface area contributed by atoms with E-state index < -0.39 is 0 Å². The van der Waals surface area contributed by atoms with Crippen LogP contribution in [0.25, 0.3) is 6.08 Å². The zero-order valence-electron chi connectivity index (χ0n) is 25.1. The largest absolute Gasteiger partial charge is 0.489 e. The highest BCUT2D eigenvalue weighted by Gasteiger charge is 2.25. The Labute approximate surface area is 258 Å². The quantitative estimate of drug-likeness (QED) is 0.132. The van der Waals surface area contributed by atoms with Crippen LogP contribution in [-0.2, 0) is 27.4 Å². The smallest absolute Gasteiger partial charge is 0.333 e. The summed E-state index contributed by atoms with van der Waals surface area (Å²) in [6.45, 7) is 6.20. The molecule has 1 fully saturated rings. The maximum absolute atomic E-state index is 13.3. The number of nitriles is 1. The molecule has 1 aliphatic rings. The first kappa shape index (κ1) is 31.7. The van der Waals surface area contributed by atoms with E-state index in [1.54, 1.807) is 32.1 Å². The van der Waals surface area contributed by atoms with Gasteiger partial charge in [0.15, 0.2) is 0 Å². The third kappa shape index (κ3) is 9.65. The highest BCUT2D eigenvalue weighted by atomic mass is 32.1. The second kappa shape index (κ2) is 15.9. The van der Waals surface area contributed by atoms with Gasteiger partial charge >= 0.3 is 5.97 Å². The Kier molecular flexibility index (Phi) is 11.7. The average Bonchev–Trinajstić information content (AvgIpc) is 3.49. The van der Waals surface area contributed by atoms with Gasteiger partial charge in [0, 0.05) is 16.9 Å². The van der Waals surface area contributed by atoms with Gasteiger partial charge in [0.25, 0.3) is 0 Å². The lowest BCUT2D eigenvalue weighted by molar-refractivity contribution is -0.138. The molecule has 1 amide bonds. The predicted octanol–water partition coefficient (Wildman–Crippen LogP) is 7.49. The van der Waals surface area contributed by atoms with E-state index in [1.807, 2.05) is 54.8 Å². The first-order valence-electron chi connectivity index (χ1n) is 14.8. The van der Waals surface area contributed by atoms with Crippen molar-refractivity contribution < 1.29 is 19.1 Å². The van der Waals surface area contributed by atoms with Crippen LogP contribution in [0, 0.1) is 17.2 Å². The summed E-state index contributed by atoms with van der Waals surface area (Å²) in [4.78, 5) is 30.1. The SMILES string of the molecule is CCOC(=O)C(C)=CC(C)=Cc1csc([C@H](Cc2ccc(OCc3ccc(C#N)cc3)cc2)NC(=O)C2CCCCC2)n1. The molecule has 8 heteroatoms. The Morgan fingerprint density at radius 2 is 1.77 bits per heavy atom. The van der Waals surface area contributed by atoms with Crippen molar-refractivity contribution in [1.82, 2.24) is 10.3 Å². The fraction of sp³-hybridized carbons (Fsp3) is 0.371. The van der Waals surface area contributed by atoms with E-state index >= 15 is 0 Å². The average molecular weight is 598 g/mol. The molecule has 0 unspecified atom stereocenters. The number of carbonyl (C=O) groups excluding carboxylic acids is 2. The van der Waals surface area contributed by atoms with Crippen LogP contribution in [0.15, 0.2) is 71.1 Å². The second-order valence-corrected chi connectivity index (χ2v) is 11.8. The molecule has 1 N–H and O–H groups in total. The summed E-state index contributed by atoms with van der Waals surface area (Å²) in [6, 6.07) is 17.1. The van der Waals surface area contributed by atoms with Crippen LogP contribution in [0.1, 0.15) is 86.3 Å². The Morgan fingerprint density at radius 1 is 1.07 bits per heavy atom. The molecule has 0 bridgehead atoms. The van der Waals surface area contributed by atoms with Gasteiger partial charge in [0.05, 0.1) is 30.0 Å². The topological polar surface area (TPSA) is 101 Å². The number of benzene rings is 2. The summed E-state index contributed by atoms with van der Waals surface area (Å²) in [5, 5.41) is 15.1. The highest BCUT2D eigenvalue weighted by molar-refractivity contribution is 7.09. The van der Waals surface area contributed by atoms with Crippen molar-refractivity contribution in [3.8, 4) is 11.8 Å². The lowest BCUT2D eigenvalue weighted by Crippen LogP contribution is -2.35. The number of hydrogen-bond donors (Lipinski definition) is 1. The van der Waals surface area contributed by atoms with Gasteiger partial charge in [-0.05, 0) is 93.2 Å². The van der Waals surface area contributed by atoms with Crippen molar-refractivity contribution in [1.29, 1.82) is 5.26 Å². The fourth-order valence-corrected chi connectivity index (χ4v) is 5.93. The zero-order chi connectivity index (χ0) is 30.6. The molecule has 1 aromatic heterocycles. The van der Waals surface area contributed by atoms with Crippen LogP contribution < -0.4 is 10.1 Å². The van der Waals surface area contributed by atoms with E-state index in [0.29, 0.717) is 30.8 Å². The number of nitrogens with one attached hydrogen (secondary N) is 1. The molecule has 7 nitrogen and oxygen atoms in total. The van der Waals surface area contributed by atoms with Gasteiger partial charge in [-0.25, -0.2) is 9.78 Å². The molecule has 4 rings (SSSR count). The van der Waals surface area contributed by atoms with Crippen molar-refractivity contribution >= 4 is 29.3 Å². The molecule has 0 aliphatic heterocycles. The number of carbonyl (C=O) groups is 2. The minimum absolute atomic E-state index is 0.0480. The summed E-state index contributed by atoms with van der Waals surface area (Å²) in [6.07, 6.45) is 9.58. The Morgan fingerprint density at radius 3 is 2.44 bits per heavy atom. The molecular weight excluding hydrogens is 558 g/mol. The van der Waals surface area contributed by atoms with Crippen molar-refractivity contribution in [2.45, 2.75) is 71.9 Å². The van der Waals surface area contributed by atoms with Crippen LogP contribution in [0.5, 0.6) is 5.75 Å². The van der Waals surface area contributed by atoms with Crippen LogP contribution >= 0.6 is 11.3 Å². The maximum Gasteiger partial charge on any atom is 0.333 e. The lowest BCUT2D eigenvalue weighted by Gasteiger charge is -2.24. The van der Waals surface area contributed by atoms with Crippen molar-refractivity contribution in [3.05, 3.63) is 98.5 Å². The number of allylic oxidation sites excluding steroid dienone is 2. The summed E-state index contributed by atoms with van der Waals surface area (Å²) in [5.41, 5.74) is 4.89. The normalized spacial score (nSPS) is 14.9. The van der Waals surface area contributed by atoms with Gasteiger partial charge in [-0.2, -0.15) is 5.26 Å². The third-order valence-electron chi connectivity index (χ3n) is 7.40. The number of ether oxygens (including phenoxy) is 2. The standard InChI is InChI=1S/C35H39N3O4S/c1-4-41-35(40)25(3)18-24(2)19-30-23-43-34(37-30)32(38-33(39)29-8-6-5-7-9-29)20-26-14-16-31(17-15-26)42-22-28-12-10-27(21-36)11-13-28/h10-19,23,29,32H,4-9,20,22H2,1-3H3,(H,38,39)/t32-/m0/s1. The Hall–Kier alpha value is -4.22. The summed E-state index contributed by atoms with van der Waals surface area (Å²) in [7, 11) is 0. The van der Waals surface area contributed by atoms with Crippen molar-refractivity contribution in [3.63, 3.8) is 0 Å². The second-order valence-electron chi connectivity index (χ2n) is 10.9. The molecule has 1 heterocycles. The van der Waals surface area contributed by atoms with Crippen LogP contribution in [0.2, 0.25) is 0 Å². The van der Waals surface area contributed by atoms with E-state index in [-0.39, 0.29) is 23.8 Å². The molecule has 0 radical (unpaired) electrons. The number of rotatable bonds is 12. The number of amides is 1. The highest BCUT2D eigenvalue weighted by Crippen LogP contribution is 2.28. The van der Waals surface area contributed by atoms with Crippen molar-refractivity contribution in [2.24, 2.45) is 5.92 Å². The Bertz CT molecular complexity index is 1480. The third-order valence-corrected chi connectivity index (χ3v) is 8.38. The van der Waals surface area contributed by atoms with Gasteiger partial charge < -0.3 is 14.8 Å². The number of nitrogens with zero attached hydrogens (tertiary/aromatic N) is 2. The zero-order valence-corrected chi connectivity index (χ0v) is 25.9. The van der Waals surface area contributed by atoms with E-state index in [0.717, 1.165) is 58.8 Å². The molecule has 0 saturated heterocycles. The van der Waals surface area contributed by atoms with Gasteiger partial charge in [0.1, 0.15) is 17.4 Å². The molecule has 1 aliphatic carbocycles. The number of thiazole rings is 1. The van der Waals surface area contributed by atoms with Gasteiger partial charge in [-0.3, -0.25) is 4.79 Å². The number of hydrogen-bond acceptors (Lipinski definition) is 7. The van der Waals surface area contributed by atoms with Gasteiger partial charge in [-0.15, -0.1) is 11.3 Å². The van der Waals surface area contributed by atoms with Crippen LogP contribution in [0.4, 0.5) is 0 Å². The summed E-state index contributed by atoms with van der Waals surface area (Å²) in [5.74, 6) is 0.569. The van der Waals surface area contributed by atoms with E-state index in [1.165, 1.54) is 17.8 Å². The first-order valence-corrected chi connectivity index (χ1v) is 15.7. The van der Waals surface area contributed by atoms with E-state index in [2.05, 4.69) is 11.4 Å². The maximum atomic E-state index is 13.3. The number of aromatic nitrogens is 1. The van der Waals surface area contributed by atoms with Crippen LogP contribution in [0.3, 0.4) is 0 Å². The summed E-state index contributed by atoms with van der Waals surface area (Å²) >= 11 is 1.52. The Balaban J connectivity index is 1.46. The van der Waals surface area contributed by atoms with E-state index in [4.69, 9.17) is 19.7 Å². The molecule has 0 spiro atoms. The molecular formula is C35H39N3O4S. The molecule has 43 heavy (non-hydrogen) atoms. The van der Waals surface area contributed by atoms with Gasteiger partial charge in [-0.1, -0.05) is 43.5 Å². The predicted molar refractivity (Wildman–Crippen MR) is 169 cm³/mol. The first-order chi connectivity index (χ1) is 20.8. The number of esters is 1. The molecule has 2 aromatic carbocycles. The summed E-state index contributed by atoms with van der Waals surface area (Å²) < 4.78 is 11.0. The lowest BCUT2D eigenvalue weighted by atomic mass is 9.88. The molecule has 224 valence electrons. The minimum atomic E-state index is -0.328. The fourth-order valence-electron chi connectivity index (χ4n) is 5.10. The minimum Gasteiger partial charge on any atom is -0.489 e. The monoisotopic (exact) mass is 597 g/mol. The van der Waals surface area contributed by atoms with Crippen molar-refractivity contribution in [2.75, 3.05) is 6.61 Å². The van der Waals surface area contributed by atoms with Gasteiger partial charge in [0.2, 0.25) is 5.91 Å². The molecule has 3 aromatic rings.